The molecule has 0 radical (unpaired) electrons. The van der Waals surface area contributed by atoms with Crippen LogP contribution in [0.2, 0.25) is 0 Å². The van der Waals surface area contributed by atoms with Crippen LogP contribution < -0.4 is 10.1 Å². The number of thiophene rings is 1. The lowest BCUT2D eigenvalue weighted by Crippen LogP contribution is -2.34. The Labute approximate surface area is 185 Å². The summed E-state index contributed by atoms with van der Waals surface area (Å²) in [5.41, 5.74) is 0.281. The molecule has 1 N–H and O–H groups in total. The molecule has 0 saturated heterocycles. The zero-order chi connectivity index (χ0) is 23.1. The van der Waals surface area contributed by atoms with Gasteiger partial charge >= 0.3 is 6.36 Å². The smallest absolute Gasteiger partial charge is 0.406 e. The van der Waals surface area contributed by atoms with E-state index in [1.165, 1.54) is 35.4 Å². The Morgan fingerprint density at radius 2 is 1.97 bits per heavy atom. The van der Waals surface area contributed by atoms with E-state index in [9.17, 15) is 22.8 Å². The van der Waals surface area contributed by atoms with Crippen LogP contribution in [0.15, 0.2) is 46.3 Å². The van der Waals surface area contributed by atoms with Gasteiger partial charge in [-0.15, -0.1) is 24.5 Å². The topological polar surface area (TPSA) is 97.6 Å². The summed E-state index contributed by atoms with van der Waals surface area (Å²) >= 11 is 1.50. The first-order valence-electron chi connectivity index (χ1n) is 9.46. The highest BCUT2D eigenvalue weighted by Gasteiger charge is 2.31. The van der Waals surface area contributed by atoms with Crippen LogP contribution in [0.4, 0.5) is 18.9 Å². The molecule has 1 aromatic carbocycles. The van der Waals surface area contributed by atoms with E-state index >= 15 is 0 Å². The predicted octanol–water partition coefficient (Wildman–Crippen LogP) is 4.12. The maximum absolute atomic E-state index is 12.2. The fraction of sp³-hybridized carbons (Fsp3) is 0.300. The summed E-state index contributed by atoms with van der Waals surface area (Å²) in [6.45, 7) is -0.206. The van der Waals surface area contributed by atoms with E-state index < -0.39 is 18.0 Å². The van der Waals surface area contributed by atoms with Gasteiger partial charge in [0.2, 0.25) is 23.5 Å². The number of halogens is 3. The molecule has 8 nitrogen and oxygen atoms in total. The summed E-state index contributed by atoms with van der Waals surface area (Å²) in [4.78, 5) is 30.8. The minimum Gasteiger partial charge on any atom is -0.406 e. The number of rotatable bonds is 9. The lowest BCUT2D eigenvalue weighted by Gasteiger charge is -2.17. The fourth-order valence-electron chi connectivity index (χ4n) is 2.69. The number of ether oxygens (including phenoxy) is 1. The van der Waals surface area contributed by atoms with Crippen molar-refractivity contribution in [1.82, 2.24) is 15.0 Å². The van der Waals surface area contributed by atoms with Gasteiger partial charge in [-0.2, -0.15) is 4.98 Å². The minimum absolute atomic E-state index is 0.184. The molecule has 2 amide bonds. The Balaban J connectivity index is 1.39. The largest absolute Gasteiger partial charge is 0.573 e. The van der Waals surface area contributed by atoms with E-state index in [4.69, 9.17) is 4.52 Å². The molecule has 0 bridgehead atoms. The maximum Gasteiger partial charge on any atom is 0.573 e. The fourth-order valence-corrected chi connectivity index (χ4v) is 3.34. The predicted molar refractivity (Wildman–Crippen MR) is 110 cm³/mol. The number of hydrogen-bond acceptors (Lipinski definition) is 7. The van der Waals surface area contributed by atoms with Crippen molar-refractivity contribution in [3.05, 3.63) is 47.7 Å². The quantitative estimate of drug-likeness (QED) is 0.508. The highest BCUT2D eigenvalue weighted by atomic mass is 32.1. The van der Waals surface area contributed by atoms with Gasteiger partial charge in [0.15, 0.2) is 0 Å². The van der Waals surface area contributed by atoms with Gasteiger partial charge in [0, 0.05) is 25.6 Å². The zero-order valence-corrected chi connectivity index (χ0v) is 17.7. The highest BCUT2D eigenvalue weighted by molar-refractivity contribution is 7.13. The molecule has 0 saturated carbocycles. The van der Waals surface area contributed by atoms with Crippen LogP contribution in [-0.4, -0.2) is 46.8 Å². The first-order chi connectivity index (χ1) is 15.2. The van der Waals surface area contributed by atoms with Gasteiger partial charge in [-0.1, -0.05) is 11.2 Å². The highest BCUT2D eigenvalue weighted by Crippen LogP contribution is 2.24. The van der Waals surface area contributed by atoms with Crippen molar-refractivity contribution in [2.45, 2.75) is 25.6 Å². The molecule has 0 aliphatic rings. The third-order valence-corrected chi connectivity index (χ3v) is 5.03. The van der Waals surface area contributed by atoms with Crippen molar-refractivity contribution in [2.24, 2.45) is 0 Å². The molecule has 3 rings (SSSR count). The molecule has 2 aromatic heterocycles. The van der Waals surface area contributed by atoms with E-state index in [1.54, 1.807) is 0 Å². The number of carbonyl (C=O) groups excluding carboxylic acids is 2. The minimum atomic E-state index is -4.79. The lowest BCUT2D eigenvalue weighted by atomic mass is 10.2. The van der Waals surface area contributed by atoms with Gasteiger partial charge in [-0.05, 0) is 42.1 Å². The Bertz CT molecular complexity index is 1040. The van der Waals surface area contributed by atoms with Crippen molar-refractivity contribution >= 4 is 28.8 Å². The second kappa shape index (κ2) is 10.3. The van der Waals surface area contributed by atoms with Crippen LogP contribution in [0.5, 0.6) is 5.75 Å². The average Bonchev–Trinajstić information content (AvgIpc) is 3.40. The summed E-state index contributed by atoms with van der Waals surface area (Å²) in [6.07, 6.45) is -3.71. The number of nitrogens with one attached hydrogen (secondary N) is 1. The average molecular weight is 468 g/mol. The monoisotopic (exact) mass is 468 g/mol. The molecule has 0 unspecified atom stereocenters. The second-order valence-electron chi connectivity index (χ2n) is 6.71. The van der Waals surface area contributed by atoms with Crippen molar-refractivity contribution in [3.8, 4) is 16.5 Å². The van der Waals surface area contributed by atoms with Crippen molar-refractivity contribution in [2.75, 3.05) is 18.9 Å². The number of benzene rings is 1. The third-order valence-electron chi connectivity index (χ3n) is 4.17. The molecule has 0 atom stereocenters. The molecule has 2 heterocycles. The number of anilines is 1. The van der Waals surface area contributed by atoms with Crippen LogP contribution >= 0.6 is 11.3 Å². The number of carbonyl (C=O) groups is 2. The summed E-state index contributed by atoms with van der Waals surface area (Å²) in [5.74, 6) is -0.186. The van der Waals surface area contributed by atoms with Crippen LogP contribution in [0, 0.1) is 0 Å². The molecule has 0 spiro atoms. The van der Waals surface area contributed by atoms with Crippen LogP contribution in [0.25, 0.3) is 10.7 Å². The van der Waals surface area contributed by atoms with Gasteiger partial charge in [0.05, 0.1) is 11.4 Å². The molecular formula is C20H19F3N4O4S. The number of nitrogens with zero attached hydrogens (tertiary/aromatic N) is 3. The van der Waals surface area contributed by atoms with Crippen LogP contribution in [0.3, 0.4) is 0 Å². The van der Waals surface area contributed by atoms with E-state index in [0.29, 0.717) is 24.6 Å². The Morgan fingerprint density at radius 1 is 1.22 bits per heavy atom. The molecule has 170 valence electrons. The van der Waals surface area contributed by atoms with E-state index in [2.05, 4.69) is 20.2 Å². The van der Waals surface area contributed by atoms with E-state index in [0.717, 1.165) is 17.0 Å². The molecular weight excluding hydrogens is 449 g/mol. The number of hydrogen-bond donors (Lipinski definition) is 1. The van der Waals surface area contributed by atoms with Gasteiger partial charge in [-0.3, -0.25) is 9.59 Å². The van der Waals surface area contributed by atoms with Crippen LogP contribution in [0.1, 0.15) is 18.7 Å². The number of alkyl halides is 3. The van der Waals surface area contributed by atoms with Crippen LogP contribution in [-0.2, 0) is 16.0 Å². The number of likely N-dealkylation sites (N-methyl/N-ethyl adjacent to an activating group) is 1. The molecule has 0 fully saturated rings. The second-order valence-corrected chi connectivity index (χ2v) is 7.66. The first kappa shape index (κ1) is 23.3. The zero-order valence-electron chi connectivity index (χ0n) is 16.9. The number of aromatic nitrogens is 2. The summed E-state index contributed by atoms with van der Waals surface area (Å²) in [7, 11) is 1.49. The molecule has 0 aliphatic heterocycles. The van der Waals surface area contributed by atoms with Gasteiger partial charge in [0.1, 0.15) is 5.75 Å². The SMILES string of the molecule is CN(CC(=O)Nc1ccc(OC(F)(F)F)cc1)C(=O)CCCc1nc(-c2cccs2)no1. The third kappa shape index (κ3) is 7.08. The Hall–Kier alpha value is -3.41. The molecule has 12 heteroatoms. The van der Waals surface area contributed by atoms with Gasteiger partial charge in [-0.25, -0.2) is 0 Å². The summed E-state index contributed by atoms with van der Waals surface area (Å²) in [5, 5.41) is 8.33. The first-order valence-corrected chi connectivity index (χ1v) is 10.3. The van der Waals surface area contributed by atoms with Crippen molar-refractivity contribution in [3.63, 3.8) is 0 Å². The van der Waals surface area contributed by atoms with E-state index in [1.807, 2.05) is 17.5 Å². The van der Waals surface area contributed by atoms with Crippen molar-refractivity contribution < 1.29 is 32.0 Å². The number of amides is 2. The molecule has 3 aromatic rings. The molecule has 0 aliphatic carbocycles. The summed E-state index contributed by atoms with van der Waals surface area (Å²) < 4.78 is 45.5. The lowest BCUT2D eigenvalue weighted by molar-refractivity contribution is -0.274. The molecule has 32 heavy (non-hydrogen) atoms. The normalized spacial score (nSPS) is 11.2. The Kier molecular flexibility index (Phi) is 7.46. The van der Waals surface area contributed by atoms with Crippen molar-refractivity contribution in [1.29, 1.82) is 0 Å². The summed E-state index contributed by atoms with van der Waals surface area (Å²) in [6, 6.07) is 8.48. The van der Waals surface area contributed by atoms with E-state index in [-0.39, 0.29) is 24.6 Å². The standard InChI is InChI=1S/C20H19F3N4O4S/c1-27(12-16(28)24-13-7-9-14(10-8-13)30-20(21,22)23)18(29)6-2-5-17-25-19(26-31-17)15-4-3-11-32-15/h3-4,7-11H,2,5-6,12H2,1H3,(H,24,28). The van der Waals surface area contributed by atoms with Gasteiger partial charge < -0.3 is 19.5 Å². The number of aryl methyl sites for hydroxylation is 1. The maximum atomic E-state index is 12.2. The Morgan fingerprint density at radius 3 is 2.62 bits per heavy atom. The van der Waals surface area contributed by atoms with Gasteiger partial charge in [0.25, 0.3) is 0 Å².